The highest BCUT2D eigenvalue weighted by molar-refractivity contribution is 5.76. The number of rotatable bonds is 4. The smallest absolute Gasteiger partial charge is 0.220 e. The van der Waals surface area contributed by atoms with E-state index >= 15 is 0 Å². The van der Waals surface area contributed by atoms with Crippen molar-refractivity contribution in [1.29, 1.82) is 0 Å². The molecule has 2 heterocycles. The van der Waals surface area contributed by atoms with Gasteiger partial charge in [-0.3, -0.25) is 4.79 Å². The predicted molar refractivity (Wildman–Crippen MR) is 86.0 cm³/mol. The number of hydrogen-bond donors (Lipinski definition) is 2. The molecule has 3 nitrogen and oxygen atoms in total. The molecule has 2 unspecified atom stereocenters. The van der Waals surface area contributed by atoms with E-state index in [0.717, 1.165) is 13.0 Å². The first-order chi connectivity index (χ1) is 10.00. The first-order valence-electron chi connectivity index (χ1n) is 9.03. The Balaban J connectivity index is 1.35. The van der Waals surface area contributed by atoms with Crippen LogP contribution in [0.15, 0.2) is 0 Å². The van der Waals surface area contributed by atoms with Crippen LogP contribution < -0.4 is 10.6 Å². The molecule has 0 aromatic rings. The van der Waals surface area contributed by atoms with Gasteiger partial charge in [0.25, 0.3) is 0 Å². The standard InChI is InChI=1S/C18H32N2O/c1-18(2)7-5-13(6-8-18)12-19-17(21)11-14-9-15-3-4-16(10-14)20-15/h13-16,20H,3-12H2,1-2H3,(H,19,21). The molecule has 2 N–H and O–H groups in total. The van der Waals surface area contributed by atoms with E-state index in [4.69, 9.17) is 0 Å². The molecule has 2 saturated heterocycles. The van der Waals surface area contributed by atoms with Crippen molar-refractivity contribution >= 4 is 5.91 Å². The van der Waals surface area contributed by atoms with Gasteiger partial charge in [-0.15, -0.1) is 0 Å². The van der Waals surface area contributed by atoms with Crippen molar-refractivity contribution < 1.29 is 4.79 Å². The number of piperidine rings is 1. The zero-order valence-corrected chi connectivity index (χ0v) is 13.8. The molecule has 0 radical (unpaired) electrons. The number of fused-ring (bicyclic) bond motifs is 2. The Bertz CT molecular complexity index is 357. The lowest BCUT2D eigenvalue weighted by Gasteiger charge is -2.34. The van der Waals surface area contributed by atoms with E-state index in [1.165, 1.54) is 51.4 Å². The van der Waals surface area contributed by atoms with Gasteiger partial charge < -0.3 is 10.6 Å². The van der Waals surface area contributed by atoms with Crippen molar-refractivity contribution in [2.45, 2.75) is 83.7 Å². The molecule has 0 aromatic carbocycles. The summed E-state index contributed by atoms with van der Waals surface area (Å²) in [6.45, 7) is 5.65. The van der Waals surface area contributed by atoms with Gasteiger partial charge in [0.05, 0.1) is 0 Å². The summed E-state index contributed by atoms with van der Waals surface area (Å²) >= 11 is 0. The van der Waals surface area contributed by atoms with Crippen LogP contribution in [-0.2, 0) is 4.79 Å². The Morgan fingerprint density at radius 1 is 1.05 bits per heavy atom. The average molecular weight is 292 g/mol. The van der Waals surface area contributed by atoms with Gasteiger partial charge in [0.2, 0.25) is 5.91 Å². The van der Waals surface area contributed by atoms with Crippen molar-refractivity contribution in [3.8, 4) is 0 Å². The van der Waals surface area contributed by atoms with Gasteiger partial charge in [0, 0.05) is 25.0 Å². The molecule has 120 valence electrons. The lowest BCUT2D eigenvalue weighted by molar-refractivity contribution is -0.122. The fraction of sp³-hybridized carbons (Fsp3) is 0.944. The molecule has 3 aliphatic rings. The fourth-order valence-corrected chi connectivity index (χ4v) is 4.60. The molecule has 0 aromatic heterocycles. The Morgan fingerprint density at radius 3 is 2.29 bits per heavy atom. The zero-order valence-electron chi connectivity index (χ0n) is 13.8. The highest BCUT2D eigenvalue weighted by Crippen LogP contribution is 2.37. The van der Waals surface area contributed by atoms with Crippen LogP contribution in [0.1, 0.15) is 71.6 Å². The van der Waals surface area contributed by atoms with Crippen LogP contribution in [-0.4, -0.2) is 24.5 Å². The van der Waals surface area contributed by atoms with Gasteiger partial charge in [-0.2, -0.15) is 0 Å². The van der Waals surface area contributed by atoms with E-state index in [1.807, 2.05) is 0 Å². The second-order valence-corrected chi connectivity index (χ2v) is 8.59. The van der Waals surface area contributed by atoms with E-state index < -0.39 is 0 Å². The van der Waals surface area contributed by atoms with Crippen LogP contribution in [0.2, 0.25) is 0 Å². The molecule has 2 aliphatic heterocycles. The minimum absolute atomic E-state index is 0.297. The number of hydrogen-bond acceptors (Lipinski definition) is 2. The van der Waals surface area contributed by atoms with Gasteiger partial charge in [-0.25, -0.2) is 0 Å². The normalized spacial score (nSPS) is 35.6. The second kappa shape index (κ2) is 6.28. The van der Waals surface area contributed by atoms with Crippen LogP contribution in [0.25, 0.3) is 0 Å². The van der Waals surface area contributed by atoms with Crippen molar-refractivity contribution in [3.63, 3.8) is 0 Å². The first kappa shape index (κ1) is 15.3. The molecule has 3 fully saturated rings. The third-order valence-corrected chi connectivity index (χ3v) is 6.09. The predicted octanol–water partition coefficient (Wildman–Crippen LogP) is 3.24. The Labute approximate surface area is 129 Å². The number of carbonyl (C=O) groups is 1. The number of carbonyl (C=O) groups excluding carboxylic acids is 1. The summed E-state index contributed by atoms with van der Waals surface area (Å²) in [6.07, 6.45) is 11.0. The largest absolute Gasteiger partial charge is 0.356 e. The van der Waals surface area contributed by atoms with Crippen molar-refractivity contribution in [2.75, 3.05) is 6.54 Å². The van der Waals surface area contributed by atoms with Crippen molar-refractivity contribution in [1.82, 2.24) is 10.6 Å². The lowest BCUT2D eigenvalue weighted by atomic mass is 9.73. The van der Waals surface area contributed by atoms with Gasteiger partial charge in [0.1, 0.15) is 0 Å². The maximum absolute atomic E-state index is 12.2. The van der Waals surface area contributed by atoms with Crippen molar-refractivity contribution in [3.05, 3.63) is 0 Å². The summed E-state index contributed by atoms with van der Waals surface area (Å²) in [7, 11) is 0. The second-order valence-electron chi connectivity index (χ2n) is 8.59. The summed E-state index contributed by atoms with van der Waals surface area (Å²) in [5.74, 6) is 1.63. The molecule has 0 spiro atoms. The molecular formula is C18H32N2O. The van der Waals surface area contributed by atoms with E-state index in [2.05, 4.69) is 24.5 Å². The molecule has 3 heteroatoms. The fourth-order valence-electron chi connectivity index (χ4n) is 4.60. The molecule has 1 amide bonds. The molecule has 1 saturated carbocycles. The van der Waals surface area contributed by atoms with E-state index in [-0.39, 0.29) is 0 Å². The third kappa shape index (κ3) is 4.21. The highest BCUT2D eigenvalue weighted by Gasteiger charge is 2.34. The molecule has 2 bridgehead atoms. The molecular weight excluding hydrogens is 260 g/mol. The molecule has 21 heavy (non-hydrogen) atoms. The summed E-state index contributed by atoms with van der Waals surface area (Å²) in [6, 6.07) is 1.39. The van der Waals surface area contributed by atoms with E-state index in [1.54, 1.807) is 0 Å². The Morgan fingerprint density at radius 2 is 1.67 bits per heavy atom. The van der Waals surface area contributed by atoms with Crippen molar-refractivity contribution in [2.24, 2.45) is 17.3 Å². The van der Waals surface area contributed by atoms with Crippen LogP contribution in [0.4, 0.5) is 0 Å². The minimum atomic E-state index is 0.297. The Hall–Kier alpha value is -0.570. The van der Waals surface area contributed by atoms with Gasteiger partial charge in [0.15, 0.2) is 0 Å². The van der Waals surface area contributed by atoms with E-state index in [9.17, 15) is 4.79 Å². The van der Waals surface area contributed by atoms with Crippen LogP contribution >= 0.6 is 0 Å². The summed E-state index contributed by atoms with van der Waals surface area (Å²) in [5.41, 5.74) is 0.523. The summed E-state index contributed by atoms with van der Waals surface area (Å²) < 4.78 is 0. The third-order valence-electron chi connectivity index (χ3n) is 6.09. The van der Waals surface area contributed by atoms with Crippen LogP contribution in [0.5, 0.6) is 0 Å². The topological polar surface area (TPSA) is 41.1 Å². The van der Waals surface area contributed by atoms with Crippen LogP contribution in [0, 0.1) is 17.3 Å². The number of nitrogens with one attached hydrogen (secondary N) is 2. The van der Waals surface area contributed by atoms with Gasteiger partial charge in [-0.1, -0.05) is 13.8 Å². The Kier molecular flexibility index (Phi) is 4.58. The van der Waals surface area contributed by atoms with Crippen LogP contribution in [0.3, 0.4) is 0 Å². The molecule has 2 atom stereocenters. The lowest BCUT2D eigenvalue weighted by Crippen LogP contribution is -2.40. The molecule has 3 rings (SSSR count). The quantitative estimate of drug-likeness (QED) is 0.835. The highest BCUT2D eigenvalue weighted by atomic mass is 16.1. The maximum Gasteiger partial charge on any atom is 0.220 e. The summed E-state index contributed by atoms with van der Waals surface area (Å²) in [4.78, 5) is 12.2. The van der Waals surface area contributed by atoms with E-state index in [0.29, 0.717) is 35.2 Å². The average Bonchev–Trinajstić information content (AvgIpc) is 2.77. The maximum atomic E-state index is 12.2. The molecule has 1 aliphatic carbocycles. The number of amides is 1. The minimum Gasteiger partial charge on any atom is -0.356 e. The van der Waals surface area contributed by atoms with Gasteiger partial charge >= 0.3 is 0 Å². The zero-order chi connectivity index (χ0) is 14.9. The van der Waals surface area contributed by atoms with Gasteiger partial charge in [-0.05, 0) is 68.6 Å². The summed E-state index contributed by atoms with van der Waals surface area (Å²) in [5, 5.41) is 6.87. The SMILES string of the molecule is CC1(C)CCC(CNC(=O)CC2CC3CCC(C2)N3)CC1. The monoisotopic (exact) mass is 292 g/mol. The first-order valence-corrected chi connectivity index (χ1v) is 9.03.